The smallest absolute Gasteiger partial charge is 0.240 e. The van der Waals surface area contributed by atoms with Crippen LogP contribution in [0.15, 0.2) is 28.8 Å². The fraction of sp³-hybridized carbons (Fsp3) is 0.429. The van der Waals surface area contributed by atoms with Crippen LogP contribution < -0.4 is 5.73 Å². The van der Waals surface area contributed by atoms with Crippen molar-refractivity contribution in [3.05, 3.63) is 35.7 Å². The first kappa shape index (κ1) is 13.7. The molecule has 0 spiro atoms. The Hall–Kier alpha value is -1.72. The molecule has 2 aromatic rings. The van der Waals surface area contributed by atoms with E-state index in [1.807, 2.05) is 38.1 Å². The first-order valence-electron chi connectivity index (χ1n) is 6.32. The average Bonchev–Trinajstić information content (AvgIpc) is 2.85. The number of hydrogen-bond acceptors (Lipinski definition) is 5. The Labute approximate surface area is 112 Å². The molecule has 2 rings (SSSR count). The van der Waals surface area contributed by atoms with Crippen molar-refractivity contribution in [3.63, 3.8) is 0 Å². The Morgan fingerprint density at radius 1 is 1.26 bits per heavy atom. The quantitative estimate of drug-likeness (QED) is 0.858. The van der Waals surface area contributed by atoms with Gasteiger partial charge in [0, 0.05) is 5.56 Å². The number of hydrogen-bond donors (Lipinski definition) is 2. The molecule has 0 saturated carbocycles. The van der Waals surface area contributed by atoms with Gasteiger partial charge in [0.25, 0.3) is 0 Å². The van der Waals surface area contributed by atoms with Gasteiger partial charge in [-0.2, -0.15) is 4.98 Å². The van der Waals surface area contributed by atoms with E-state index in [-0.39, 0.29) is 6.54 Å². The molecule has 1 aromatic heterocycles. The third-order valence-corrected chi connectivity index (χ3v) is 2.88. The zero-order valence-corrected chi connectivity index (χ0v) is 11.3. The highest BCUT2D eigenvalue weighted by Gasteiger charge is 2.12. The molecule has 0 aliphatic heterocycles. The number of aliphatic hydroxyl groups is 1. The van der Waals surface area contributed by atoms with Crippen LogP contribution in [0, 0.1) is 0 Å². The van der Waals surface area contributed by atoms with E-state index >= 15 is 0 Å². The maximum absolute atomic E-state index is 9.70. The van der Waals surface area contributed by atoms with Crippen LogP contribution in [0.25, 0.3) is 11.4 Å². The van der Waals surface area contributed by atoms with Gasteiger partial charge in [-0.15, -0.1) is 0 Å². The summed E-state index contributed by atoms with van der Waals surface area (Å²) >= 11 is 0. The minimum Gasteiger partial charge on any atom is -0.390 e. The summed E-state index contributed by atoms with van der Waals surface area (Å²) in [6.07, 6.45) is 1.57. The molecule has 19 heavy (non-hydrogen) atoms. The van der Waals surface area contributed by atoms with Gasteiger partial charge in [-0.05, 0) is 32.3 Å². The Bertz CT molecular complexity index is 526. The zero-order chi connectivity index (χ0) is 13.9. The number of nitrogens with two attached hydrogens (primary N) is 1. The lowest BCUT2D eigenvalue weighted by molar-refractivity contribution is 0.0714. The van der Waals surface area contributed by atoms with E-state index < -0.39 is 5.60 Å². The summed E-state index contributed by atoms with van der Waals surface area (Å²) in [5.74, 6) is 0.982. The first-order valence-corrected chi connectivity index (χ1v) is 6.32. The highest BCUT2D eigenvalue weighted by Crippen LogP contribution is 2.18. The molecule has 0 radical (unpaired) electrons. The van der Waals surface area contributed by atoms with Crippen LogP contribution in [0.1, 0.15) is 31.7 Å². The fourth-order valence-corrected chi connectivity index (χ4v) is 1.73. The number of aromatic nitrogens is 2. The summed E-state index contributed by atoms with van der Waals surface area (Å²) < 4.78 is 4.97. The van der Waals surface area contributed by atoms with Crippen molar-refractivity contribution >= 4 is 0 Å². The van der Waals surface area contributed by atoms with Crippen molar-refractivity contribution in [3.8, 4) is 11.4 Å². The lowest BCUT2D eigenvalue weighted by atomic mass is 9.98. The van der Waals surface area contributed by atoms with Crippen molar-refractivity contribution in [1.82, 2.24) is 10.1 Å². The van der Waals surface area contributed by atoms with Crippen LogP contribution in [0.5, 0.6) is 0 Å². The molecule has 1 heterocycles. The summed E-state index contributed by atoms with van der Waals surface area (Å²) in [5, 5.41) is 13.6. The summed E-state index contributed by atoms with van der Waals surface area (Å²) in [7, 11) is 0. The van der Waals surface area contributed by atoms with E-state index in [1.165, 1.54) is 5.56 Å². The Kier molecular flexibility index (Phi) is 3.97. The van der Waals surface area contributed by atoms with Gasteiger partial charge in [0.2, 0.25) is 11.7 Å². The minimum atomic E-state index is -0.637. The van der Waals surface area contributed by atoms with Crippen LogP contribution in [0.4, 0.5) is 0 Å². The second-order valence-corrected chi connectivity index (χ2v) is 5.23. The van der Waals surface area contributed by atoms with Gasteiger partial charge in [-0.1, -0.05) is 29.4 Å². The summed E-state index contributed by atoms with van der Waals surface area (Å²) in [6, 6.07) is 7.93. The minimum absolute atomic E-state index is 0.247. The molecular formula is C14H19N3O2. The largest absolute Gasteiger partial charge is 0.390 e. The third-order valence-electron chi connectivity index (χ3n) is 2.88. The number of rotatable bonds is 5. The molecule has 5 heteroatoms. The fourth-order valence-electron chi connectivity index (χ4n) is 1.73. The molecule has 5 nitrogen and oxygen atoms in total. The summed E-state index contributed by atoms with van der Waals surface area (Å²) in [4.78, 5) is 4.17. The van der Waals surface area contributed by atoms with Crippen LogP contribution in [-0.4, -0.2) is 20.8 Å². The second-order valence-electron chi connectivity index (χ2n) is 5.23. The Morgan fingerprint density at radius 2 is 1.95 bits per heavy atom. The SMILES string of the molecule is CC(C)(O)CCc1ccc(-c2noc(CN)n2)cc1. The number of benzene rings is 1. The van der Waals surface area contributed by atoms with E-state index in [4.69, 9.17) is 10.3 Å². The highest BCUT2D eigenvalue weighted by atomic mass is 16.5. The highest BCUT2D eigenvalue weighted by molar-refractivity contribution is 5.54. The average molecular weight is 261 g/mol. The molecule has 0 amide bonds. The molecule has 0 aliphatic carbocycles. The van der Waals surface area contributed by atoms with Crippen LogP contribution in [0.3, 0.4) is 0 Å². The molecule has 0 unspecified atom stereocenters. The number of nitrogens with zero attached hydrogens (tertiary/aromatic N) is 2. The van der Waals surface area contributed by atoms with E-state index in [1.54, 1.807) is 0 Å². The van der Waals surface area contributed by atoms with Gasteiger partial charge >= 0.3 is 0 Å². The van der Waals surface area contributed by atoms with Gasteiger partial charge in [0.05, 0.1) is 12.1 Å². The lowest BCUT2D eigenvalue weighted by Gasteiger charge is -2.16. The van der Waals surface area contributed by atoms with Crippen LogP contribution in [-0.2, 0) is 13.0 Å². The molecule has 0 bridgehead atoms. The third kappa shape index (κ3) is 3.87. The zero-order valence-electron chi connectivity index (χ0n) is 11.3. The second kappa shape index (κ2) is 5.50. The van der Waals surface area contributed by atoms with Gasteiger partial charge in [-0.25, -0.2) is 0 Å². The topological polar surface area (TPSA) is 85.2 Å². The molecule has 1 aromatic carbocycles. The van der Waals surface area contributed by atoms with Crippen molar-refractivity contribution in [2.45, 2.75) is 38.8 Å². The van der Waals surface area contributed by atoms with Crippen molar-refractivity contribution in [2.24, 2.45) is 5.73 Å². The standard InChI is InChI=1S/C14H19N3O2/c1-14(2,18)8-7-10-3-5-11(6-4-10)13-16-12(9-15)19-17-13/h3-6,18H,7-9,15H2,1-2H3. The predicted octanol–water partition coefficient (Wildman–Crippen LogP) is 1.90. The predicted molar refractivity (Wildman–Crippen MR) is 72.2 cm³/mol. The van der Waals surface area contributed by atoms with Crippen molar-refractivity contribution < 1.29 is 9.63 Å². The molecule has 0 fully saturated rings. The van der Waals surface area contributed by atoms with Crippen LogP contribution >= 0.6 is 0 Å². The van der Waals surface area contributed by atoms with E-state index in [0.717, 1.165) is 18.4 Å². The Balaban J connectivity index is 2.06. The molecule has 0 aliphatic rings. The van der Waals surface area contributed by atoms with Gasteiger partial charge in [-0.3, -0.25) is 0 Å². The Morgan fingerprint density at radius 3 is 2.47 bits per heavy atom. The summed E-state index contributed by atoms with van der Waals surface area (Å²) in [6.45, 7) is 3.88. The van der Waals surface area contributed by atoms with Gasteiger partial charge in [0.1, 0.15) is 0 Å². The van der Waals surface area contributed by atoms with Crippen molar-refractivity contribution in [1.29, 1.82) is 0 Å². The lowest BCUT2D eigenvalue weighted by Crippen LogP contribution is -2.19. The van der Waals surface area contributed by atoms with E-state index in [0.29, 0.717) is 11.7 Å². The number of aryl methyl sites for hydroxylation is 1. The molecular weight excluding hydrogens is 242 g/mol. The van der Waals surface area contributed by atoms with E-state index in [9.17, 15) is 5.11 Å². The van der Waals surface area contributed by atoms with E-state index in [2.05, 4.69) is 10.1 Å². The maximum atomic E-state index is 9.70. The van der Waals surface area contributed by atoms with Gasteiger partial charge < -0.3 is 15.4 Å². The first-order chi connectivity index (χ1) is 8.98. The van der Waals surface area contributed by atoms with Crippen molar-refractivity contribution in [2.75, 3.05) is 0 Å². The molecule has 0 atom stereocenters. The molecule has 0 saturated heterocycles. The normalized spacial score (nSPS) is 11.8. The van der Waals surface area contributed by atoms with Gasteiger partial charge in [0.15, 0.2) is 0 Å². The molecule has 3 N–H and O–H groups in total. The monoisotopic (exact) mass is 261 g/mol. The van der Waals surface area contributed by atoms with Crippen LogP contribution in [0.2, 0.25) is 0 Å². The molecule has 102 valence electrons. The summed E-state index contributed by atoms with van der Waals surface area (Å²) in [5.41, 5.74) is 6.86. The maximum Gasteiger partial charge on any atom is 0.240 e.